The van der Waals surface area contributed by atoms with Crippen LogP contribution in [-0.4, -0.2) is 73.5 Å². The average Bonchev–Trinajstić information content (AvgIpc) is 2.33. The van der Waals surface area contributed by atoms with Gasteiger partial charge in [0.05, 0.1) is 11.1 Å². The van der Waals surface area contributed by atoms with Gasteiger partial charge in [-0.1, -0.05) is 12.1 Å². The third-order valence-corrected chi connectivity index (χ3v) is 1.77. The Bertz CT molecular complexity index is 342. The summed E-state index contributed by atoms with van der Waals surface area (Å²) in [6.07, 6.45) is 0. The van der Waals surface area contributed by atoms with Crippen molar-refractivity contribution in [1.82, 2.24) is 5.06 Å². The van der Waals surface area contributed by atoms with Crippen molar-refractivity contribution in [1.29, 1.82) is 0 Å². The zero-order valence-corrected chi connectivity index (χ0v) is 10.1. The number of hydroxylamine groups is 2. The van der Waals surface area contributed by atoms with Crippen LogP contribution in [0, 0.1) is 0 Å². The molecule has 13 heavy (non-hydrogen) atoms. The van der Waals surface area contributed by atoms with E-state index in [4.69, 9.17) is 5.21 Å². The SMILES string of the molecule is O=C1c2ccccc2C(=O)N1O.[K]. The first-order valence-electron chi connectivity index (χ1n) is 3.38. The van der Waals surface area contributed by atoms with Crippen LogP contribution in [0.15, 0.2) is 24.3 Å². The van der Waals surface area contributed by atoms with E-state index in [1.807, 2.05) is 0 Å². The monoisotopic (exact) mass is 202 g/mol. The third-order valence-electron chi connectivity index (χ3n) is 1.77. The van der Waals surface area contributed by atoms with Gasteiger partial charge in [-0.3, -0.25) is 14.8 Å². The Labute approximate surface area is 117 Å². The Kier molecular flexibility index (Phi) is 3.39. The molecule has 1 aliphatic rings. The van der Waals surface area contributed by atoms with Crippen molar-refractivity contribution in [3.05, 3.63) is 35.4 Å². The molecule has 0 aliphatic carbocycles. The van der Waals surface area contributed by atoms with Gasteiger partial charge in [-0.25, -0.2) is 0 Å². The van der Waals surface area contributed by atoms with Crippen molar-refractivity contribution in [2.24, 2.45) is 0 Å². The molecule has 0 saturated carbocycles. The molecule has 0 atom stereocenters. The molecule has 1 aromatic rings. The molecule has 0 unspecified atom stereocenters. The van der Waals surface area contributed by atoms with Crippen LogP contribution in [0.5, 0.6) is 0 Å². The van der Waals surface area contributed by atoms with Crippen molar-refractivity contribution < 1.29 is 14.8 Å². The molecule has 5 heteroatoms. The van der Waals surface area contributed by atoms with E-state index in [0.717, 1.165) is 0 Å². The van der Waals surface area contributed by atoms with E-state index in [1.54, 1.807) is 12.1 Å². The number of nitrogens with zero attached hydrogens (tertiary/aromatic N) is 1. The van der Waals surface area contributed by atoms with Gasteiger partial charge < -0.3 is 0 Å². The van der Waals surface area contributed by atoms with E-state index in [2.05, 4.69) is 0 Å². The maximum absolute atomic E-state index is 11.1. The summed E-state index contributed by atoms with van der Waals surface area (Å²) in [5.41, 5.74) is 0.509. The smallest absolute Gasteiger partial charge is 0.278 e. The molecule has 0 saturated heterocycles. The first-order valence-corrected chi connectivity index (χ1v) is 3.38. The van der Waals surface area contributed by atoms with Crippen LogP contribution >= 0.6 is 0 Å². The van der Waals surface area contributed by atoms with E-state index < -0.39 is 11.8 Å². The fourth-order valence-electron chi connectivity index (χ4n) is 1.18. The predicted molar refractivity (Wildman–Crippen MR) is 44.5 cm³/mol. The summed E-state index contributed by atoms with van der Waals surface area (Å²) in [7, 11) is 0. The molecule has 2 amide bonds. The van der Waals surface area contributed by atoms with Gasteiger partial charge in [0.2, 0.25) is 0 Å². The summed E-state index contributed by atoms with van der Waals surface area (Å²) in [5.74, 6) is -1.31. The van der Waals surface area contributed by atoms with Gasteiger partial charge in [-0.15, -0.1) is 5.06 Å². The van der Waals surface area contributed by atoms with Gasteiger partial charge in [0.15, 0.2) is 0 Å². The van der Waals surface area contributed by atoms with Crippen LogP contribution in [0.3, 0.4) is 0 Å². The van der Waals surface area contributed by atoms with Crippen LogP contribution in [0.2, 0.25) is 0 Å². The second kappa shape index (κ2) is 3.99. The zero-order valence-electron chi connectivity index (χ0n) is 7.02. The van der Waals surface area contributed by atoms with E-state index in [9.17, 15) is 9.59 Å². The number of carbonyl (C=O) groups excluding carboxylic acids is 2. The maximum atomic E-state index is 11.1. The molecule has 1 aromatic carbocycles. The molecule has 2 rings (SSSR count). The normalized spacial score (nSPS) is 14.1. The Morgan fingerprint density at radius 2 is 1.38 bits per heavy atom. The molecule has 1 N–H and O–H groups in total. The Morgan fingerprint density at radius 3 is 1.77 bits per heavy atom. The number of carbonyl (C=O) groups is 2. The van der Waals surface area contributed by atoms with E-state index in [1.165, 1.54) is 12.1 Å². The summed E-state index contributed by atoms with van der Waals surface area (Å²) >= 11 is 0. The first kappa shape index (κ1) is 11.0. The van der Waals surface area contributed by atoms with Gasteiger partial charge in [-0.05, 0) is 12.1 Å². The minimum absolute atomic E-state index is 0. The quantitative estimate of drug-likeness (QED) is 0.374. The van der Waals surface area contributed by atoms with E-state index in [0.29, 0.717) is 0 Å². The van der Waals surface area contributed by atoms with Crippen LogP contribution in [0.25, 0.3) is 0 Å². The molecule has 0 aromatic heterocycles. The molecule has 0 fully saturated rings. The van der Waals surface area contributed by atoms with Gasteiger partial charge in [0.1, 0.15) is 0 Å². The van der Waals surface area contributed by atoms with Crippen molar-refractivity contribution in [3.8, 4) is 0 Å². The minimum atomic E-state index is -0.657. The molecular formula is C8H5KNO3. The Hall–Kier alpha value is -0.0436. The van der Waals surface area contributed by atoms with Crippen LogP contribution in [0.4, 0.5) is 0 Å². The molecule has 0 spiro atoms. The first-order chi connectivity index (χ1) is 5.72. The number of hydrogen-bond donors (Lipinski definition) is 1. The van der Waals surface area contributed by atoms with E-state index in [-0.39, 0.29) is 67.6 Å². The number of rotatable bonds is 0. The second-order valence-corrected chi connectivity index (χ2v) is 2.47. The van der Waals surface area contributed by atoms with Crippen LogP contribution < -0.4 is 0 Å². The van der Waals surface area contributed by atoms with Crippen LogP contribution in [-0.2, 0) is 0 Å². The summed E-state index contributed by atoms with van der Waals surface area (Å²) in [6, 6.07) is 6.30. The average molecular weight is 202 g/mol. The summed E-state index contributed by atoms with van der Waals surface area (Å²) < 4.78 is 0. The standard InChI is InChI=1S/C8H5NO3.K/c10-7-5-3-1-2-4-6(5)8(11)9(7)12;/h1-4,12H;. The minimum Gasteiger partial charge on any atom is -0.278 e. The van der Waals surface area contributed by atoms with Gasteiger partial charge in [0, 0.05) is 51.4 Å². The zero-order chi connectivity index (χ0) is 8.72. The molecule has 4 nitrogen and oxygen atoms in total. The summed E-state index contributed by atoms with van der Waals surface area (Å²) in [5, 5.41) is 9.05. The van der Waals surface area contributed by atoms with Crippen LogP contribution in [0.1, 0.15) is 20.7 Å². The number of fused-ring (bicyclic) bond motifs is 1. The number of benzene rings is 1. The summed E-state index contributed by atoms with van der Waals surface area (Å²) in [4.78, 5) is 22.1. The molecular weight excluding hydrogens is 197 g/mol. The predicted octanol–water partition coefficient (Wildman–Crippen LogP) is 0.291. The molecule has 1 heterocycles. The van der Waals surface area contributed by atoms with Gasteiger partial charge in [0.25, 0.3) is 11.8 Å². The topological polar surface area (TPSA) is 57.6 Å². The number of imide groups is 1. The molecule has 0 bridgehead atoms. The van der Waals surface area contributed by atoms with E-state index >= 15 is 0 Å². The maximum Gasteiger partial charge on any atom is 0.285 e. The van der Waals surface area contributed by atoms with Crippen molar-refractivity contribution >= 4 is 63.2 Å². The fraction of sp³-hybridized carbons (Fsp3) is 0. The Morgan fingerprint density at radius 1 is 1.00 bits per heavy atom. The largest absolute Gasteiger partial charge is 0.285 e. The molecule has 61 valence electrons. The van der Waals surface area contributed by atoms with Crippen molar-refractivity contribution in [3.63, 3.8) is 0 Å². The van der Waals surface area contributed by atoms with Crippen molar-refractivity contribution in [2.45, 2.75) is 0 Å². The number of amides is 2. The summed E-state index contributed by atoms with van der Waals surface area (Å²) in [6.45, 7) is 0. The van der Waals surface area contributed by atoms with Gasteiger partial charge in [-0.2, -0.15) is 0 Å². The van der Waals surface area contributed by atoms with Gasteiger partial charge >= 0.3 is 0 Å². The molecule has 1 radical (unpaired) electrons. The van der Waals surface area contributed by atoms with Crippen molar-refractivity contribution in [2.75, 3.05) is 0 Å². The Balaban J connectivity index is 0.000000845. The third kappa shape index (κ3) is 1.63. The second-order valence-electron chi connectivity index (χ2n) is 2.47. The molecule has 1 aliphatic heterocycles. The fourth-order valence-corrected chi connectivity index (χ4v) is 1.18. The number of hydrogen-bond acceptors (Lipinski definition) is 3.